The van der Waals surface area contributed by atoms with Crippen molar-refractivity contribution in [1.82, 2.24) is 9.88 Å². The SMILES string of the molecule is CC(=O)N1CCN(c2ccc(C(=O)Nc3nc(-c4ccccc4C)cs3)cc2[N+](=O)[O-])CC1. The maximum atomic E-state index is 12.8. The highest BCUT2D eigenvalue weighted by molar-refractivity contribution is 7.14. The fraction of sp³-hybridized carbons (Fsp3) is 0.261. The number of aryl methyl sites for hydroxylation is 1. The third-order valence-electron chi connectivity index (χ3n) is 5.65. The van der Waals surface area contributed by atoms with Crippen molar-refractivity contribution in [3.05, 3.63) is 69.1 Å². The minimum Gasteiger partial charge on any atom is -0.362 e. The Hall–Kier alpha value is -3.79. The average Bonchev–Trinajstić information content (AvgIpc) is 3.27. The number of nitro benzene ring substituents is 1. The van der Waals surface area contributed by atoms with Crippen molar-refractivity contribution < 1.29 is 14.5 Å². The zero-order valence-electron chi connectivity index (χ0n) is 18.3. The number of hydrogen-bond acceptors (Lipinski definition) is 7. The lowest BCUT2D eigenvalue weighted by molar-refractivity contribution is -0.384. The summed E-state index contributed by atoms with van der Waals surface area (Å²) in [5.41, 5.74) is 3.31. The van der Waals surface area contributed by atoms with Crippen LogP contribution in [0.2, 0.25) is 0 Å². The van der Waals surface area contributed by atoms with Gasteiger partial charge < -0.3 is 9.80 Å². The van der Waals surface area contributed by atoms with Crippen LogP contribution in [0.5, 0.6) is 0 Å². The molecule has 0 atom stereocenters. The van der Waals surface area contributed by atoms with E-state index in [9.17, 15) is 19.7 Å². The molecule has 2 amide bonds. The average molecular weight is 466 g/mol. The van der Waals surface area contributed by atoms with Crippen LogP contribution in [0.25, 0.3) is 11.3 Å². The Bertz CT molecular complexity index is 1220. The van der Waals surface area contributed by atoms with E-state index < -0.39 is 10.8 Å². The summed E-state index contributed by atoms with van der Waals surface area (Å²) in [7, 11) is 0. The van der Waals surface area contributed by atoms with Crippen LogP contribution in [0.1, 0.15) is 22.8 Å². The summed E-state index contributed by atoms with van der Waals surface area (Å²) in [5.74, 6) is -0.472. The number of aromatic nitrogens is 1. The van der Waals surface area contributed by atoms with Gasteiger partial charge in [-0.05, 0) is 24.6 Å². The Labute approximate surface area is 194 Å². The number of hydrogen-bond donors (Lipinski definition) is 1. The van der Waals surface area contributed by atoms with Crippen LogP contribution in [0.15, 0.2) is 47.8 Å². The molecule has 4 rings (SSSR count). The number of piperazine rings is 1. The molecule has 0 saturated carbocycles. The van der Waals surface area contributed by atoms with E-state index in [0.29, 0.717) is 37.0 Å². The lowest BCUT2D eigenvalue weighted by Crippen LogP contribution is -2.48. The molecule has 1 aliphatic heterocycles. The van der Waals surface area contributed by atoms with E-state index >= 15 is 0 Å². The quantitative estimate of drug-likeness (QED) is 0.451. The molecule has 2 heterocycles. The zero-order valence-corrected chi connectivity index (χ0v) is 19.1. The Balaban J connectivity index is 1.51. The van der Waals surface area contributed by atoms with Gasteiger partial charge >= 0.3 is 0 Å². The number of nitrogens with one attached hydrogen (secondary N) is 1. The molecule has 3 aromatic rings. The summed E-state index contributed by atoms with van der Waals surface area (Å²) in [6.45, 7) is 5.50. The van der Waals surface area contributed by atoms with Crippen molar-refractivity contribution in [3.63, 3.8) is 0 Å². The highest BCUT2D eigenvalue weighted by Gasteiger charge is 2.26. The molecule has 0 bridgehead atoms. The third kappa shape index (κ3) is 4.85. The van der Waals surface area contributed by atoms with Gasteiger partial charge in [-0.3, -0.25) is 25.0 Å². The summed E-state index contributed by atoms with van der Waals surface area (Å²) in [6.07, 6.45) is 0. The molecule has 1 aromatic heterocycles. The highest BCUT2D eigenvalue weighted by atomic mass is 32.1. The maximum Gasteiger partial charge on any atom is 0.293 e. The number of nitrogens with zero attached hydrogens (tertiary/aromatic N) is 4. The molecule has 1 fully saturated rings. The molecule has 33 heavy (non-hydrogen) atoms. The first-order valence-corrected chi connectivity index (χ1v) is 11.3. The summed E-state index contributed by atoms with van der Waals surface area (Å²) in [5, 5.41) is 16.8. The second kappa shape index (κ2) is 9.37. The van der Waals surface area contributed by atoms with Crippen molar-refractivity contribution in [1.29, 1.82) is 0 Å². The number of carbonyl (C=O) groups is 2. The number of rotatable bonds is 5. The predicted octanol–water partition coefficient (Wildman–Crippen LogP) is 3.95. The van der Waals surface area contributed by atoms with Gasteiger partial charge in [-0.15, -0.1) is 11.3 Å². The molecule has 1 N–H and O–H groups in total. The molecule has 170 valence electrons. The van der Waals surface area contributed by atoms with Gasteiger partial charge in [-0.1, -0.05) is 24.3 Å². The van der Waals surface area contributed by atoms with E-state index in [1.807, 2.05) is 41.5 Å². The summed E-state index contributed by atoms with van der Waals surface area (Å²) in [4.78, 5) is 43.6. The van der Waals surface area contributed by atoms with Crippen molar-refractivity contribution >= 4 is 39.7 Å². The molecule has 1 aliphatic rings. The summed E-state index contributed by atoms with van der Waals surface area (Å²) >= 11 is 1.30. The van der Waals surface area contributed by atoms with Crippen LogP contribution in [0.4, 0.5) is 16.5 Å². The maximum absolute atomic E-state index is 12.8. The molecule has 9 nitrogen and oxygen atoms in total. The number of carbonyl (C=O) groups excluding carboxylic acids is 2. The van der Waals surface area contributed by atoms with E-state index in [4.69, 9.17) is 0 Å². The lowest BCUT2D eigenvalue weighted by Gasteiger charge is -2.35. The predicted molar refractivity (Wildman–Crippen MR) is 128 cm³/mol. The Morgan fingerprint density at radius 2 is 1.85 bits per heavy atom. The van der Waals surface area contributed by atoms with Gasteiger partial charge in [0, 0.05) is 55.7 Å². The topological polar surface area (TPSA) is 109 Å². The minimum absolute atomic E-state index is 0.0102. The third-order valence-corrected chi connectivity index (χ3v) is 6.40. The van der Waals surface area contributed by atoms with Gasteiger partial charge in [0.1, 0.15) is 5.69 Å². The molecule has 0 radical (unpaired) electrons. The first-order chi connectivity index (χ1) is 15.8. The van der Waals surface area contributed by atoms with Crippen molar-refractivity contribution in [2.45, 2.75) is 13.8 Å². The summed E-state index contributed by atoms with van der Waals surface area (Å²) < 4.78 is 0. The van der Waals surface area contributed by atoms with E-state index in [1.54, 1.807) is 17.0 Å². The van der Waals surface area contributed by atoms with Crippen molar-refractivity contribution in [2.24, 2.45) is 0 Å². The standard InChI is InChI=1S/C23H23N5O4S/c1-15-5-3-4-6-18(15)19-14-33-23(24-19)25-22(30)17-7-8-20(21(13-17)28(31)32)27-11-9-26(10-12-27)16(2)29/h3-8,13-14H,9-12H2,1-2H3,(H,24,25,30). The molecular formula is C23H23N5O4S. The van der Waals surface area contributed by atoms with Crippen molar-refractivity contribution in [2.75, 3.05) is 36.4 Å². The number of anilines is 2. The minimum atomic E-state index is -0.483. The molecule has 0 spiro atoms. The second-order valence-corrected chi connectivity index (χ2v) is 8.62. The van der Waals surface area contributed by atoms with Gasteiger partial charge in [0.2, 0.25) is 5.91 Å². The number of amides is 2. The van der Waals surface area contributed by atoms with E-state index in [1.165, 1.54) is 24.3 Å². The van der Waals surface area contributed by atoms with Gasteiger partial charge in [-0.2, -0.15) is 0 Å². The van der Waals surface area contributed by atoms with Gasteiger partial charge in [0.15, 0.2) is 5.13 Å². The molecule has 0 aliphatic carbocycles. The van der Waals surface area contributed by atoms with Gasteiger partial charge in [0.05, 0.1) is 10.6 Å². The van der Waals surface area contributed by atoms with Crippen LogP contribution < -0.4 is 10.2 Å². The van der Waals surface area contributed by atoms with E-state index in [0.717, 1.165) is 16.8 Å². The van der Waals surface area contributed by atoms with E-state index in [-0.39, 0.29) is 17.2 Å². The molecule has 1 saturated heterocycles. The highest BCUT2D eigenvalue weighted by Crippen LogP contribution is 2.31. The molecule has 2 aromatic carbocycles. The van der Waals surface area contributed by atoms with E-state index in [2.05, 4.69) is 10.3 Å². The zero-order chi connectivity index (χ0) is 23.5. The van der Waals surface area contributed by atoms with Crippen molar-refractivity contribution in [3.8, 4) is 11.3 Å². The normalized spacial score (nSPS) is 13.6. The lowest BCUT2D eigenvalue weighted by atomic mass is 10.1. The van der Waals surface area contributed by atoms with Gasteiger partial charge in [-0.25, -0.2) is 4.98 Å². The Morgan fingerprint density at radius 1 is 1.12 bits per heavy atom. The number of nitro groups is 1. The van der Waals surface area contributed by atoms with Crippen LogP contribution in [-0.2, 0) is 4.79 Å². The summed E-state index contributed by atoms with van der Waals surface area (Å²) in [6, 6.07) is 12.3. The Kier molecular flexibility index (Phi) is 6.36. The smallest absolute Gasteiger partial charge is 0.293 e. The monoisotopic (exact) mass is 465 g/mol. The number of thiazole rings is 1. The van der Waals surface area contributed by atoms with Crippen LogP contribution in [0, 0.1) is 17.0 Å². The Morgan fingerprint density at radius 3 is 2.52 bits per heavy atom. The van der Waals surface area contributed by atoms with Crippen LogP contribution >= 0.6 is 11.3 Å². The first kappa shape index (κ1) is 22.4. The van der Waals surface area contributed by atoms with Gasteiger partial charge in [0.25, 0.3) is 11.6 Å². The van der Waals surface area contributed by atoms with Crippen LogP contribution in [-0.4, -0.2) is 52.8 Å². The molecular weight excluding hydrogens is 442 g/mol. The fourth-order valence-corrected chi connectivity index (χ4v) is 4.53. The molecule has 10 heteroatoms. The van der Waals surface area contributed by atoms with Crippen LogP contribution in [0.3, 0.4) is 0 Å². The number of benzene rings is 2. The largest absolute Gasteiger partial charge is 0.362 e. The molecule has 0 unspecified atom stereocenters. The fourth-order valence-electron chi connectivity index (χ4n) is 3.83. The first-order valence-electron chi connectivity index (χ1n) is 10.5. The second-order valence-electron chi connectivity index (χ2n) is 7.76.